The highest BCUT2D eigenvalue weighted by atomic mass is 32.1. The smallest absolute Gasteiger partial charge is 0.203 e. The molecule has 2 aromatic rings. The van der Waals surface area contributed by atoms with Crippen LogP contribution in [0.1, 0.15) is 0 Å². The number of para-hydroxylation sites is 1. The molecule has 0 radical (unpaired) electrons. The topological polar surface area (TPSA) is 70.3 Å². The largest absolute Gasteiger partial charge is 0.493 e. The summed E-state index contributed by atoms with van der Waals surface area (Å²) < 4.78 is 10.5. The molecule has 0 fully saturated rings. The average molecular weight is 237 g/mol. The van der Waals surface area contributed by atoms with Crippen LogP contribution in [-0.2, 0) is 0 Å². The maximum absolute atomic E-state index is 5.55. The second kappa shape index (κ2) is 4.36. The Morgan fingerprint density at radius 3 is 2.56 bits per heavy atom. The van der Waals surface area contributed by atoms with Crippen LogP contribution >= 0.6 is 11.3 Å². The normalized spacial score (nSPS) is 10.1. The summed E-state index contributed by atoms with van der Waals surface area (Å²) in [5, 5.41) is 8.90. The fourth-order valence-electron chi connectivity index (χ4n) is 1.40. The second-order valence-corrected chi connectivity index (χ2v) is 4.00. The van der Waals surface area contributed by atoms with Crippen molar-refractivity contribution in [1.82, 2.24) is 10.2 Å². The lowest BCUT2D eigenvalue weighted by molar-refractivity contribution is 0.356. The highest BCUT2D eigenvalue weighted by Gasteiger charge is 2.14. The summed E-state index contributed by atoms with van der Waals surface area (Å²) in [5.74, 6) is 1.30. The zero-order chi connectivity index (χ0) is 11.5. The molecule has 1 aromatic carbocycles. The van der Waals surface area contributed by atoms with Crippen molar-refractivity contribution in [3.8, 4) is 22.1 Å². The molecule has 5 nitrogen and oxygen atoms in total. The minimum Gasteiger partial charge on any atom is -0.493 e. The van der Waals surface area contributed by atoms with Gasteiger partial charge in [-0.15, -0.1) is 10.2 Å². The number of anilines is 1. The molecule has 0 bridgehead atoms. The van der Waals surface area contributed by atoms with Gasteiger partial charge in [-0.05, 0) is 12.1 Å². The molecule has 0 aliphatic heterocycles. The summed E-state index contributed by atoms with van der Waals surface area (Å²) in [6, 6.07) is 5.59. The Morgan fingerprint density at radius 1 is 1.19 bits per heavy atom. The summed E-state index contributed by atoms with van der Waals surface area (Å²) in [6.45, 7) is 0. The maximum Gasteiger partial charge on any atom is 0.203 e. The molecule has 0 saturated heterocycles. The second-order valence-electron chi connectivity index (χ2n) is 2.99. The van der Waals surface area contributed by atoms with Crippen molar-refractivity contribution in [2.45, 2.75) is 0 Å². The number of nitrogens with two attached hydrogens (primary N) is 1. The van der Waals surface area contributed by atoms with E-state index in [0.717, 1.165) is 5.56 Å². The van der Waals surface area contributed by atoms with Gasteiger partial charge in [0.1, 0.15) is 0 Å². The van der Waals surface area contributed by atoms with Gasteiger partial charge < -0.3 is 15.2 Å². The van der Waals surface area contributed by atoms with E-state index in [0.29, 0.717) is 21.6 Å². The lowest BCUT2D eigenvalue weighted by atomic mass is 10.2. The molecule has 0 unspecified atom stereocenters. The Morgan fingerprint density at radius 2 is 2.00 bits per heavy atom. The van der Waals surface area contributed by atoms with Crippen LogP contribution in [0.4, 0.5) is 5.13 Å². The van der Waals surface area contributed by atoms with Crippen molar-refractivity contribution in [2.75, 3.05) is 20.0 Å². The minimum absolute atomic E-state index is 0.430. The third-order valence-electron chi connectivity index (χ3n) is 2.07. The lowest BCUT2D eigenvalue weighted by Crippen LogP contribution is -1.92. The Kier molecular flexibility index (Phi) is 2.91. The van der Waals surface area contributed by atoms with Crippen molar-refractivity contribution in [3.63, 3.8) is 0 Å². The van der Waals surface area contributed by atoms with Crippen LogP contribution in [0.2, 0.25) is 0 Å². The van der Waals surface area contributed by atoms with Gasteiger partial charge in [-0.2, -0.15) is 0 Å². The predicted octanol–water partition coefficient (Wildman–Crippen LogP) is 1.80. The summed E-state index contributed by atoms with van der Waals surface area (Å²) >= 11 is 1.31. The molecule has 0 atom stereocenters. The molecule has 84 valence electrons. The molecule has 2 N–H and O–H groups in total. The van der Waals surface area contributed by atoms with Gasteiger partial charge in [0, 0.05) is 0 Å². The number of nitrogens with zero attached hydrogens (tertiary/aromatic N) is 2. The molecular formula is C10H11N3O2S. The van der Waals surface area contributed by atoms with Crippen LogP contribution in [0, 0.1) is 0 Å². The number of nitrogen functional groups attached to an aromatic ring is 1. The molecule has 0 aliphatic carbocycles. The maximum atomic E-state index is 5.55. The van der Waals surface area contributed by atoms with E-state index < -0.39 is 0 Å². The molecular weight excluding hydrogens is 226 g/mol. The Balaban J connectivity index is 2.56. The summed E-state index contributed by atoms with van der Waals surface area (Å²) in [5.41, 5.74) is 6.38. The van der Waals surface area contributed by atoms with E-state index in [4.69, 9.17) is 15.2 Å². The van der Waals surface area contributed by atoms with Gasteiger partial charge in [-0.3, -0.25) is 0 Å². The molecule has 1 aromatic heterocycles. The van der Waals surface area contributed by atoms with Crippen LogP contribution in [0.15, 0.2) is 18.2 Å². The average Bonchev–Trinajstić information content (AvgIpc) is 2.74. The number of benzene rings is 1. The molecule has 0 amide bonds. The minimum atomic E-state index is 0.430. The number of hydrogen-bond donors (Lipinski definition) is 1. The molecule has 16 heavy (non-hydrogen) atoms. The zero-order valence-corrected chi connectivity index (χ0v) is 9.75. The Bertz CT molecular complexity index is 499. The van der Waals surface area contributed by atoms with E-state index in [9.17, 15) is 0 Å². The quantitative estimate of drug-likeness (QED) is 0.881. The van der Waals surface area contributed by atoms with Gasteiger partial charge in [0.05, 0.1) is 19.8 Å². The molecule has 1 heterocycles. The number of aromatic nitrogens is 2. The van der Waals surface area contributed by atoms with E-state index in [1.165, 1.54) is 11.3 Å². The SMILES string of the molecule is COc1cccc(-c2nnc(N)s2)c1OC. The standard InChI is InChI=1S/C10H11N3O2S/c1-14-7-5-3-4-6(8(7)15-2)9-12-13-10(11)16-9/h3-5H,1-2H3,(H2,11,13). The number of hydrogen-bond acceptors (Lipinski definition) is 6. The van der Waals surface area contributed by atoms with Crippen LogP contribution in [0.25, 0.3) is 10.6 Å². The lowest BCUT2D eigenvalue weighted by Gasteiger charge is -2.10. The first kappa shape index (κ1) is 10.7. The first-order chi connectivity index (χ1) is 7.76. The first-order valence-corrected chi connectivity index (χ1v) is 5.38. The molecule has 0 saturated carbocycles. The van der Waals surface area contributed by atoms with Gasteiger partial charge in [0.25, 0.3) is 0 Å². The third-order valence-corrected chi connectivity index (χ3v) is 2.86. The van der Waals surface area contributed by atoms with Crippen molar-refractivity contribution < 1.29 is 9.47 Å². The zero-order valence-electron chi connectivity index (χ0n) is 8.93. The van der Waals surface area contributed by atoms with Crippen molar-refractivity contribution in [2.24, 2.45) is 0 Å². The summed E-state index contributed by atoms with van der Waals surface area (Å²) in [4.78, 5) is 0. The predicted molar refractivity (Wildman–Crippen MR) is 62.9 cm³/mol. The molecule has 2 rings (SSSR count). The van der Waals surface area contributed by atoms with Gasteiger partial charge >= 0.3 is 0 Å². The van der Waals surface area contributed by atoms with Gasteiger partial charge in [-0.25, -0.2) is 0 Å². The highest BCUT2D eigenvalue weighted by Crippen LogP contribution is 2.39. The van der Waals surface area contributed by atoms with Crippen molar-refractivity contribution in [1.29, 1.82) is 0 Å². The van der Waals surface area contributed by atoms with Crippen LogP contribution in [0.3, 0.4) is 0 Å². The first-order valence-electron chi connectivity index (χ1n) is 4.56. The van der Waals surface area contributed by atoms with E-state index >= 15 is 0 Å². The Labute approximate surface area is 96.8 Å². The van der Waals surface area contributed by atoms with Crippen molar-refractivity contribution >= 4 is 16.5 Å². The van der Waals surface area contributed by atoms with Gasteiger partial charge in [-0.1, -0.05) is 17.4 Å². The van der Waals surface area contributed by atoms with Gasteiger partial charge in [0.2, 0.25) is 5.13 Å². The fourth-order valence-corrected chi connectivity index (χ4v) is 2.03. The van der Waals surface area contributed by atoms with E-state index in [1.807, 2.05) is 18.2 Å². The fraction of sp³-hybridized carbons (Fsp3) is 0.200. The van der Waals surface area contributed by atoms with E-state index in [1.54, 1.807) is 14.2 Å². The van der Waals surface area contributed by atoms with Crippen LogP contribution in [-0.4, -0.2) is 24.4 Å². The molecule has 0 aliphatic rings. The van der Waals surface area contributed by atoms with E-state index in [-0.39, 0.29) is 0 Å². The van der Waals surface area contributed by atoms with E-state index in [2.05, 4.69) is 10.2 Å². The van der Waals surface area contributed by atoms with Crippen LogP contribution in [0.5, 0.6) is 11.5 Å². The van der Waals surface area contributed by atoms with Gasteiger partial charge in [0.15, 0.2) is 16.5 Å². The number of rotatable bonds is 3. The number of methoxy groups -OCH3 is 2. The number of ether oxygens (including phenoxy) is 2. The molecule has 0 spiro atoms. The highest BCUT2D eigenvalue weighted by molar-refractivity contribution is 7.18. The third kappa shape index (κ3) is 1.79. The summed E-state index contributed by atoms with van der Waals surface area (Å²) in [7, 11) is 3.18. The Hall–Kier alpha value is -1.82. The monoisotopic (exact) mass is 237 g/mol. The summed E-state index contributed by atoms with van der Waals surface area (Å²) in [6.07, 6.45) is 0. The van der Waals surface area contributed by atoms with Crippen LogP contribution < -0.4 is 15.2 Å². The van der Waals surface area contributed by atoms with Crippen molar-refractivity contribution in [3.05, 3.63) is 18.2 Å². The molecule has 6 heteroatoms.